The van der Waals surface area contributed by atoms with Gasteiger partial charge in [-0.15, -0.1) is 11.3 Å². The standard InChI is InChI=1S/C16H25NO3S/c1-11(2)15(20)16(3,4)10-17-14(19)8-7-12(18)13-6-5-9-21-13/h5-6,9,11,15,20H,7-8,10H2,1-4H3,(H,17,19). The molecule has 1 rings (SSSR count). The van der Waals surface area contributed by atoms with E-state index in [0.29, 0.717) is 11.4 Å². The second-order valence-corrected chi connectivity index (χ2v) is 7.30. The molecule has 1 atom stereocenters. The van der Waals surface area contributed by atoms with Gasteiger partial charge in [0.15, 0.2) is 5.78 Å². The largest absolute Gasteiger partial charge is 0.392 e. The summed E-state index contributed by atoms with van der Waals surface area (Å²) in [7, 11) is 0. The summed E-state index contributed by atoms with van der Waals surface area (Å²) in [6.45, 7) is 8.16. The predicted octanol–water partition coefficient (Wildman–Crippen LogP) is 2.87. The summed E-state index contributed by atoms with van der Waals surface area (Å²) < 4.78 is 0. The molecule has 1 aromatic rings. The Morgan fingerprint density at radius 3 is 2.52 bits per heavy atom. The van der Waals surface area contributed by atoms with Crippen LogP contribution in [0.2, 0.25) is 0 Å². The highest BCUT2D eigenvalue weighted by Crippen LogP contribution is 2.25. The van der Waals surface area contributed by atoms with E-state index in [-0.39, 0.29) is 35.9 Å². The summed E-state index contributed by atoms with van der Waals surface area (Å²) >= 11 is 1.39. The quantitative estimate of drug-likeness (QED) is 0.726. The minimum atomic E-state index is -0.481. The van der Waals surface area contributed by atoms with Gasteiger partial charge in [-0.05, 0) is 17.4 Å². The number of aliphatic hydroxyl groups is 1. The van der Waals surface area contributed by atoms with Crippen LogP contribution >= 0.6 is 11.3 Å². The van der Waals surface area contributed by atoms with Crippen LogP contribution in [-0.2, 0) is 4.79 Å². The average Bonchev–Trinajstić information content (AvgIpc) is 2.95. The molecule has 1 aromatic heterocycles. The van der Waals surface area contributed by atoms with Crippen LogP contribution in [0.3, 0.4) is 0 Å². The zero-order valence-corrected chi connectivity index (χ0v) is 14.0. The van der Waals surface area contributed by atoms with Crippen molar-refractivity contribution < 1.29 is 14.7 Å². The lowest BCUT2D eigenvalue weighted by molar-refractivity contribution is -0.122. The Morgan fingerprint density at radius 2 is 2.00 bits per heavy atom. The van der Waals surface area contributed by atoms with E-state index in [4.69, 9.17) is 0 Å². The first-order valence-corrected chi connectivity index (χ1v) is 8.13. The van der Waals surface area contributed by atoms with E-state index < -0.39 is 6.10 Å². The van der Waals surface area contributed by atoms with Gasteiger partial charge in [0.2, 0.25) is 5.91 Å². The van der Waals surface area contributed by atoms with Gasteiger partial charge < -0.3 is 10.4 Å². The van der Waals surface area contributed by atoms with Crippen molar-refractivity contribution in [2.45, 2.75) is 46.6 Å². The van der Waals surface area contributed by atoms with Crippen LogP contribution in [-0.4, -0.2) is 29.4 Å². The lowest BCUT2D eigenvalue weighted by Crippen LogP contribution is -2.43. The van der Waals surface area contributed by atoms with E-state index >= 15 is 0 Å². The number of Topliss-reactive ketones (excluding diaryl/α,β-unsaturated/α-hetero) is 1. The van der Waals surface area contributed by atoms with Gasteiger partial charge in [0.1, 0.15) is 0 Å². The Hall–Kier alpha value is -1.20. The zero-order valence-electron chi connectivity index (χ0n) is 13.2. The molecule has 0 bridgehead atoms. The van der Waals surface area contributed by atoms with Crippen LogP contribution in [0.15, 0.2) is 17.5 Å². The maximum Gasteiger partial charge on any atom is 0.220 e. The minimum Gasteiger partial charge on any atom is -0.392 e. The molecule has 1 heterocycles. The molecule has 0 aliphatic rings. The summed E-state index contributed by atoms with van der Waals surface area (Å²) in [5.41, 5.74) is -0.387. The topological polar surface area (TPSA) is 66.4 Å². The van der Waals surface area contributed by atoms with Gasteiger partial charge in [-0.25, -0.2) is 0 Å². The Kier molecular flexibility index (Phi) is 6.55. The first kappa shape index (κ1) is 17.9. The third-order valence-electron chi connectivity index (χ3n) is 3.55. The maximum atomic E-state index is 11.8. The molecule has 0 aliphatic heterocycles. The number of thiophene rings is 1. The second kappa shape index (κ2) is 7.71. The molecule has 1 unspecified atom stereocenters. The highest BCUT2D eigenvalue weighted by molar-refractivity contribution is 7.12. The summed E-state index contributed by atoms with van der Waals surface area (Å²) in [6.07, 6.45) is -0.0741. The lowest BCUT2D eigenvalue weighted by atomic mass is 9.80. The van der Waals surface area contributed by atoms with E-state index in [1.165, 1.54) is 11.3 Å². The monoisotopic (exact) mass is 311 g/mol. The van der Waals surface area contributed by atoms with Crippen molar-refractivity contribution in [1.29, 1.82) is 0 Å². The molecular formula is C16H25NO3S. The summed E-state index contributed by atoms with van der Waals surface area (Å²) in [5, 5.41) is 14.8. The first-order chi connectivity index (χ1) is 9.74. The van der Waals surface area contributed by atoms with Crippen LogP contribution in [0.4, 0.5) is 0 Å². The van der Waals surface area contributed by atoms with Crippen molar-refractivity contribution in [3.8, 4) is 0 Å². The highest BCUT2D eigenvalue weighted by atomic mass is 32.1. The number of carbonyl (C=O) groups is 2. The van der Waals surface area contributed by atoms with Gasteiger partial charge in [0.25, 0.3) is 0 Å². The fourth-order valence-corrected chi connectivity index (χ4v) is 2.90. The molecule has 0 saturated heterocycles. The number of hydrogen-bond acceptors (Lipinski definition) is 4. The van der Waals surface area contributed by atoms with Crippen LogP contribution in [0.1, 0.15) is 50.2 Å². The normalized spacial score (nSPS) is 13.2. The molecule has 0 spiro atoms. The van der Waals surface area contributed by atoms with Gasteiger partial charge in [-0.2, -0.15) is 0 Å². The zero-order chi connectivity index (χ0) is 16.0. The number of hydrogen-bond donors (Lipinski definition) is 2. The van der Waals surface area contributed by atoms with E-state index in [1.54, 1.807) is 6.07 Å². The molecule has 0 radical (unpaired) electrons. The number of aliphatic hydroxyl groups excluding tert-OH is 1. The Balaban J connectivity index is 2.36. The van der Waals surface area contributed by atoms with Crippen LogP contribution in [0, 0.1) is 11.3 Å². The van der Waals surface area contributed by atoms with E-state index in [9.17, 15) is 14.7 Å². The molecule has 5 heteroatoms. The number of rotatable bonds is 8. The Bertz CT molecular complexity index is 466. The van der Waals surface area contributed by atoms with Crippen molar-refractivity contribution in [3.05, 3.63) is 22.4 Å². The third-order valence-corrected chi connectivity index (χ3v) is 4.46. The Labute approximate surface area is 130 Å². The van der Waals surface area contributed by atoms with Crippen LogP contribution < -0.4 is 5.32 Å². The average molecular weight is 311 g/mol. The molecule has 118 valence electrons. The van der Waals surface area contributed by atoms with Crippen LogP contribution in [0.25, 0.3) is 0 Å². The highest BCUT2D eigenvalue weighted by Gasteiger charge is 2.30. The van der Waals surface area contributed by atoms with Gasteiger partial charge in [-0.3, -0.25) is 9.59 Å². The SMILES string of the molecule is CC(C)C(O)C(C)(C)CNC(=O)CCC(=O)c1cccs1. The van der Waals surface area contributed by atoms with Gasteiger partial charge in [0.05, 0.1) is 11.0 Å². The first-order valence-electron chi connectivity index (χ1n) is 7.25. The molecule has 0 aromatic carbocycles. The maximum absolute atomic E-state index is 11.8. The van der Waals surface area contributed by atoms with Crippen molar-refractivity contribution >= 4 is 23.0 Å². The van der Waals surface area contributed by atoms with Gasteiger partial charge in [-0.1, -0.05) is 33.8 Å². The molecule has 1 amide bonds. The van der Waals surface area contributed by atoms with Crippen molar-refractivity contribution in [2.75, 3.05) is 6.54 Å². The summed E-state index contributed by atoms with van der Waals surface area (Å²) in [6, 6.07) is 3.60. The van der Waals surface area contributed by atoms with Crippen molar-refractivity contribution in [2.24, 2.45) is 11.3 Å². The molecule has 0 saturated carbocycles. The molecule has 2 N–H and O–H groups in total. The van der Waals surface area contributed by atoms with E-state index in [2.05, 4.69) is 5.32 Å². The Morgan fingerprint density at radius 1 is 1.33 bits per heavy atom. The predicted molar refractivity (Wildman–Crippen MR) is 85.5 cm³/mol. The molecule has 0 aliphatic carbocycles. The smallest absolute Gasteiger partial charge is 0.220 e. The molecular weight excluding hydrogens is 286 g/mol. The summed E-state index contributed by atoms with van der Waals surface area (Å²) in [5.74, 6) is -0.0112. The van der Waals surface area contributed by atoms with Crippen molar-refractivity contribution in [3.63, 3.8) is 0 Å². The molecule has 0 fully saturated rings. The molecule has 21 heavy (non-hydrogen) atoms. The van der Waals surface area contributed by atoms with E-state index in [0.717, 1.165) is 0 Å². The van der Waals surface area contributed by atoms with Gasteiger partial charge in [0, 0.05) is 24.8 Å². The van der Waals surface area contributed by atoms with Gasteiger partial charge >= 0.3 is 0 Å². The van der Waals surface area contributed by atoms with Crippen LogP contribution in [0.5, 0.6) is 0 Å². The fourth-order valence-electron chi connectivity index (χ4n) is 2.21. The lowest BCUT2D eigenvalue weighted by Gasteiger charge is -2.33. The number of ketones is 1. The number of amides is 1. The van der Waals surface area contributed by atoms with Crippen molar-refractivity contribution in [1.82, 2.24) is 5.32 Å². The summed E-state index contributed by atoms with van der Waals surface area (Å²) in [4.78, 5) is 24.3. The second-order valence-electron chi connectivity index (χ2n) is 6.35. The third kappa shape index (κ3) is 5.59. The minimum absolute atomic E-state index is 0.00150. The number of nitrogens with one attached hydrogen (secondary N) is 1. The van der Waals surface area contributed by atoms with E-state index in [1.807, 2.05) is 39.1 Å². The fraction of sp³-hybridized carbons (Fsp3) is 0.625. The number of carbonyl (C=O) groups excluding carboxylic acids is 2. The molecule has 4 nitrogen and oxygen atoms in total.